The van der Waals surface area contributed by atoms with Gasteiger partial charge in [-0.15, -0.1) is 6.58 Å². The predicted octanol–water partition coefficient (Wildman–Crippen LogP) is 3.99. The molecular formula is C19H24O2S. The van der Waals surface area contributed by atoms with E-state index >= 15 is 0 Å². The number of aryl methyl sites for hydroxylation is 1. The average Bonchev–Trinajstić information content (AvgIpc) is 2.90. The van der Waals surface area contributed by atoms with Gasteiger partial charge in [0.2, 0.25) is 0 Å². The molecule has 3 heteroatoms. The number of benzene rings is 1. The van der Waals surface area contributed by atoms with E-state index in [1.807, 2.05) is 17.8 Å². The fourth-order valence-corrected chi connectivity index (χ4v) is 6.85. The second-order valence-corrected chi connectivity index (χ2v) is 8.15. The first-order valence-electron chi connectivity index (χ1n) is 8.30. The van der Waals surface area contributed by atoms with Gasteiger partial charge in [0.05, 0.1) is 12.7 Å². The normalized spacial score (nSPS) is 39.5. The molecule has 22 heavy (non-hydrogen) atoms. The molecule has 2 aliphatic carbocycles. The Labute approximate surface area is 136 Å². The Kier molecular flexibility index (Phi) is 3.54. The number of aliphatic hydroxyl groups is 1. The molecule has 1 heterocycles. The van der Waals surface area contributed by atoms with Crippen LogP contribution in [0.3, 0.4) is 0 Å². The van der Waals surface area contributed by atoms with Gasteiger partial charge in [-0.3, -0.25) is 0 Å². The zero-order valence-electron chi connectivity index (χ0n) is 13.1. The lowest BCUT2D eigenvalue weighted by atomic mass is 9.70. The van der Waals surface area contributed by atoms with Crippen molar-refractivity contribution >= 4 is 11.8 Å². The summed E-state index contributed by atoms with van der Waals surface area (Å²) in [7, 11) is 1.74. The first kappa shape index (κ1) is 14.6. The van der Waals surface area contributed by atoms with Gasteiger partial charge < -0.3 is 9.84 Å². The summed E-state index contributed by atoms with van der Waals surface area (Å²) in [4.78, 5) is 0. The molecule has 1 N–H and O–H groups in total. The molecule has 0 bridgehead atoms. The van der Waals surface area contributed by atoms with Crippen LogP contribution in [-0.4, -0.2) is 23.6 Å². The average molecular weight is 316 g/mol. The van der Waals surface area contributed by atoms with Crippen molar-refractivity contribution in [1.82, 2.24) is 0 Å². The molecule has 2 fully saturated rings. The van der Waals surface area contributed by atoms with Gasteiger partial charge in [0.25, 0.3) is 0 Å². The van der Waals surface area contributed by atoms with E-state index in [0.29, 0.717) is 17.1 Å². The topological polar surface area (TPSA) is 29.5 Å². The summed E-state index contributed by atoms with van der Waals surface area (Å²) < 4.78 is 5.43. The number of ether oxygens (including phenoxy) is 1. The highest BCUT2D eigenvalue weighted by molar-refractivity contribution is 7.99. The third kappa shape index (κ3) is 1.98. The highest BCUT2D eigenvalue weighted by Gasteiger charge is 2.56. The molecule has 0 spiro atoms. The summed E-state index contributed by atoms with van der Waals surface area (Å²) in [6.07, 6.45) is 6.56. The SMILES string of the molecule is C=C[C@@H]1CC[C@H]2[C@@H]3CCc4ccc(OC)cc4[C@H]3SC[C@]12O. The highest BCUT2D eigenvalue weighted by atomic mass is 32.2. The zero-order valence-corrected chi connectivity index (χ0v) is 13.9. The summed E-state index contributed by atoms with van der Waals surface area (Å²) in [5.74, 6) is 3.09. The fourth-order valence-electron chi connectivity index (χ4n) is 5.00. The van der Waals surface area contributed by atoms with Crippen LogP contribution < -0.4 is 4.74 Å². The lowest BCUT2D eigenvalue weighted by Crippen LogP contribution is -2.50. The zero-order chi connectivity index (χ0) is 15.3. The molecule has 5 atom stereocenters. The Bertz CT molecular complexity index is 599. The second kappa shape index (κ2) is 5.31. The molecule has 4 rings (SSSR count). The van der Waals surface area contributed by atoms with E-state index in [9.17, 15) is 5.11 Å². The van der Waals surface area contributed by atoms with Crippen molar-refractivity contribution in [2.24, 2.45) is 17.8 Å². The standard InChI is InChI=1S/C19H24O2S/c1-3-13-6-9-17-15-8-5-12-4-7-14(21-2)10-16(12)18(15)22-11-19(13,17)20/h3-4,7,10,13,15,17-18,20H,1,5-6,8-9,11H2,2H3/t13-,15+,17+,18+,19+/m1/s1. The van der Waals surface area contributed by atoms with Crippen molar-refractivity contribution in [2.75, 3.05) is 12.9 Å². The van der Waals surface area contributed by atoms with E-state index in [0.717, 1.165) is 30.8 Å². The van der Waals surface area contributed by atoms with Crippen LogP contribution in [0.25, 0.3) is 0 Å². The minimum Gasteiger partial charge on any atom is -0.497 e. The van der Waals surface area contributed by atoms with E-state index in [1.54, 1.807) is 7.11 Å². The molecule has 0 unspecified atom stereocenters. The Morgan fingerprint density at radius 1 is 1.36 bits per heavy atom. The van der Waals surface area contributed by atoms with Crippen LogP contribution in [0.1, 0.15) is 35.6 Å². The van der Waals surface area contributed by atoms with Crippen molar-refractivity contribution in [3.63, 3.8) is 0 Å². The van der Waals surface area contributed by atoms with Gasteiger partial charge in [0.15, 0.2) is 0 Å². The van der Waals surface area contributed by atoms with Crippen LogP contribution >= 0.6 is 11.8 Å². The molecule has 0 amide bonds. The molecule has 0 aromatic heterocycles. The Morgan fingerprint density at radius 2 is 2.23 bits per heavy atom. The first-order chi connectivity index (χ1) is 10.7. The number of hydrogen-bond donors (Lipinski definition) is 1. The van der Waals surface area contributed by atoms with Crippen molar-refractivity contribution in [3.05, 3.63) is 42.0 Å². The minimum absolute atomic E-state index is 0.276. The molecule has 1 aromatic carbocycles. The van der Waals surface area contributed by atoms with E-state index in [4.69, 9.17) is 4.74 Å². The van der Waals surface area contributed by atoms with Gasteiger partial charge in [-0.1, -0.05) is 12.1 Å². The van der Waals surface area contributed by atoms with E-state index in [-0.39, 0.29) is 5.92 Å². The van der Waals surface area contributed by atoms with Crippen molar-refractivity contribution in [1.29, 1.82) is 0 Å². The van der Waals surface area contributed by atoms with Crippen molar-refractivity contribution in [2.45, 2.75) is 36.5 Å². The van der Waals surface area contributed by atoms with E-state index in [2.05, 4.69) is 24.8 Å². The quantitative estimate of drug-likeness (QED) is 0.837. The molecule has 1 aliphatic heterocycles. The largest absolute Gasteiger partial charge is 0.497 e. The number of rotatable bonds is 2. The molecule has 1 aromatic rings. The van der Waals surface area contributed by atoms with Crippen LogP contribution in [0.4, 0.5) is 0 Å². The van der Waals surface area contributed by atoms with Crippen molar-refractivity contribution < 1.29 is 9.84 Å². The molecular weight excluding hydrogens is 292 g/mol. The molecule has 1 saturated heterocycles. The molecule has 2 nitrogen and oxygen atoms in total. The third-order valence-corrected chi connectivity index (χ3v) is 7.76. The Morgan fingerprint density at radius 3 is 3.00 bits per heavy atom. The predicted molar refractivity (Wildman–Crippen MR) is 91.4 cm³/mol. The van der Waals surface area contributed by atoms with Gasteiger partial charge >= 0.3 is 0 Å². The van der Waals surface area contributed by atoms with Crippen molar-refractivity contribution in [3.8, 4) is 5.75 Å². The van der Waals surface area contributed by atoms with Gasteiger partial charge in [0, 0.05) is 16.9 Å². The van der Waals surface area contributed by atoms with Crippen LogP contribution in [0.5, 0.6) is 5.75 Å². The van der Waals surface area contributed by atoms with Crippen LogP contribution in [0.15, 0.2) is 30.9 Å². The number of thioether (sulfide) groups is 1. The summed E-state index contributed by atoms with van der Waals surface area (Å²) in [6.45, 7) is 3.96. The van der Waals surface area contributed by atoms with Crippen LogP contribution in [0, 0.1) is 17.8 Å². The Balaban J connectivity index is 1.70. The minimum atomic E-state index is -0.524. The summed E-state index contributed by atoms with van der Waals surface area (Å²) in [5, 5.41) is 11.8. The molecule has 118 valence electrons. The third-order valence-electron chi connectivity index (χ3n) is 6.16. The maximum Gasteiger partial charge on any atom is 0.119 e. The monoisotopic (exact) mass is 316 g/mol. The van der Waals surface area contributed by atoms with Gasteiger partial charge in [-0.05, 0) is 60.8 Å². The van der Waals surface area contributed by atoms with Crippen LogP contribution in [0.2, 0.25) is 0 Å². The lowest BCUT2D eigenvalue weighted by Gasteiger charge is -2.49. The molecule has 3 aliphatic rings. The van der Waals surface area contributed by atoms with E-state index in [1.165, 1.54) is 17.5 Å². The lowest BCUT2D eigenvalue weighted by molar-refractivity contribution is -0.0301. The van der Waals surface area contributed by atoms with Gasteiger partial charge in [0.1, 0.15) is 5.75 Å². The summed E-state index contributed by atoms with van der Waals surface area (Å²) in [6, 6.07) is 6.53. The molecule has 0 radical (unpaired) electrons. The highest BCUT2D eigenvalue weighted by Crippen LogP contribution is 2.60. The first-order valence-corrected chi connectivity index (χ1v) is 9.35. The Hall–Kier alpha value is -0.930. The number of hydrogen-bond acceptors (Lipinski definition) is 3. The number of fused-ring (bicyclic) bond motifs is 5. The maximum absolute atomic E-state index is 11.2. The smallest absolute Gasteiger partial charge is 0.119 e. The summed E-state index contributed by atoms with van der Waals surface area (Å²) >= 11 is 1.95. The second-order valence-electron chi connectivity index (χ2n) is 7.02. The maximum atomic E-state index is 11.2. The van der Waals surface area contributed by atoms with Gasteiger partial charge in [-0.2, -0.15) is 11.8 Å². The van der Waals surface area contributed by atoms with Gasteiger partial charge in [-0.25, -0.2) is 0 Å². The molecule has 1 saturated carbocycles. The fraction of sp³-hybridized carbons (Fsp3) is 0.579. The van der Waals surface area contributed by atoms with E-state index < -0.39 is 5.60 Å². The number of methoxy groups -OCH3 is 1. The van der Waals surface area contributed by atoms with Crippen LogP contribution in [-0.2, 0) is 6.42 Å². The summed E-state index contributed by atoms with van der Waals surface area (Å²) in [5.41, 5.74) is 2.40.